The Bertz CT molecular complexity index is 546. The summed E-state index contributed by atoms with van der Waals surface area (Å²) in [5.74, 6) is 0.0620. The summed E-state index contributed by atoms with van der Waals surface area (Å²) < 4.78 is 1.79. The minimum atomic E-state index is 0.0620. The van der Waals surface area contributed by atoms with E-state index in [2.05, 4.69) is 31.9 Å². The maximum Gasteiger partial charge on any atom is 0.195 e. The molecule has 0 aliphatic rings. The fourth-order valence-corrected chi connectivity index (χ4v) is 3.24. The molecule has 1 heterocycles. The van der Waals surface area contributed by atoms with Gasteiger partial charge >= 0.3 is 0 Å². The van der Waals surface area contributed by atoms with Crippen LogP contribution in [0.15, 0.2) is 37.9 Å². The number of rotatable bonds is 2. The molecule has 2 aromatic rings. The molecule has 0 saturated heterocycles. The van der Waals surface area contributed by atoms with Gasteiger partial charge < -0.3 is 0 Å². The van der Waals surface area contributed by atoms with Gasteiger partial charge in [-0.25, -0.2) is 0 Å². The molecule has 4 heteroatoms. The topological polar surface area (TPSA) is 17.1 Å². The molecule has 0 aliphatic carbocycles. The standard InChI is InChI=1S/C12H8Br2OS/c1-7-2-3-8(13)4-9(7)12(15)10-5-16-6-11(10)14/h2-6H,1H3. The van der Waals surface area contributed by atoms with Crippen molar-refractivity contribution < 1.29 is 4.79 Å². The Hall–Kier alpha value is -0.450. The van der Waals surface area contributed by atoms with Gasteiger partial charge in [0.2, 0.25) is 0 Å². The van der Waals surface area contributed by atoms with Crippen LogP contribution >= 0.6 is 43.2 Å². The van der Waals surface area contributed by atoms with Gasteiger partial charge in [-0.05, 0) is 40.5 Å². The van der Waals surface area contributed by atoms with Gasteiger partial charge in [0.05, 0.1) is 0 Å². The quantitative estimate of drug-likeness (QED) is 0.703. The molecule has 1 nitrogen and oxygen atoms in total. The molecule has 0 bridgehead atoms. The molecule has 1 aromatic carbocycles. The molecule has 82 valence electrons. The molecule has 0 saturated carbocycles. The lowest BCUT2D eigenvalue weighted by Crippen LogP contribution is -2.02. The first kappa shape index (κ1) is 12.0. The summed E-state index contributed by atoms with van der Waals surface area (Å²) in [5, 5.41) is 3.79. The second-order valence-electron chi connectivity index (χ2n) is 3.42. The van der Waals surface area contributed by atoms with E-state index in [0.29, 0.717) is 0 Å². The van der Waals surface area contributed by atoms with E-state index in [1.807, 2.05) is 35.9 Å². The van der Waals surface area contributed by atoms with Crippen molar-refractivity contribution >= 4 is 49.0 Å². The fourth-order valence-electron chi connectivity index (χ4n) is 1.43. The van der Waals surface area contributed by atoms with Gasteiger partial charge in [-0.15, -0.1) is 0 Å². The third-order valence-electron chi connectivity index (χ3n) is 2.30. The van der Waals surface area contributed by atoms with Crippen molar-refractivity contribution in [1.82, 2.24) is 0 Å². The summed E-state index contributed by atoms with van der Waals surface area (Å²) in [6.45, 7) is 1.94. The molecule has 0 fully saturated rings. The number of halogens is 2. The Labute approximate surface area is 115 Å². The molecule has 0 radical (unpaired) electrons. The van der Waals surface area contributed by atoms with Crippen LogP contribution in [0.5, 0.6) is 0 Å². The van der Waals surface area contributed by atoms with Gasteiger partial charge in [-0.3, -0.25) is 4.79 Å². The SMILES string of the molecule is Cc1ccc(Br)cc1C(=O)c1cscc1Br. The normalized spacial score (nSPS) is 10.4. The van der Waals surface area contributed by atoms with E-state index in [0.717, 1.165) is 25.6 Å². The van der Waals surface area contributed by atoms with Crippen LogP contribution in [0.2, 0.25) is 0 Å². The smallest absolute Gasteiger partial charge is 0.195 e. The molecule has 1 aromatic heterocycles. The van der Waals surface area contributed by atoms with E-state index < -0.39 is 0 Å². The minimum Gasteiger partial charge on any atom is -0.289 e. The highest BCUT2D eigenvalue weighted by atomic mass is 79.9. The summed E-state index contributed by atoms with van der Waals surface area (Å²) >= 11 is 8.29. The first-order valence-corrected chi connectivity index (χ1v) is 7.15. The Kier molecular flexibility index (Phi) is 3.62. The molecule has 16 heavy (non-hydrogen) atoms. The largest absolute Gasteiger partial charge is 0.289 e. The van der Waals surface area contributed by atoms with Crippen molar-refractivity contribution in [1.29, 1.82) is 0 Å². The van der Waals surface area contributed by atoms with Gasteiger partial charge in [0, 0.05) is 30.8 Å². The van der Waals surface area contributed by atoms with Crippen LogP contribution in [0.4, 0.5) is 0 Å². The molecule has 2 rings (SSSR count). The lowest BCUT2D eigenvalue weighted by Gasteiger charge is -2.04. The van der Waals surface area contributed by atoms with E-state index in [-0.39, 0.29) is 5.78 Å². The van der Waals surface area contributed by atoms with Crippen LogP contribution in [0, 0.1) is 6.92 Å². The first-order valence-electron chi connectivity index (χ1n) is 4.62. The van der Waals surface area contributed by atoms with Crippen molar-refractivity contribution in [2.45, 2.75) is 6.92 Å². The van der Waals surface area contributed by atoms with Crippen molar-refractivity contribution in [3.05, 3.63) is 54.6 Å². The number of hydrogen-bond acceptors (Lipinski definition) is 2. The Balaban J connectivity index is 2.49. The van der Waals surface area contributed by atoms with Crippen LogP contribution in [0.25, 0.3) is 0 Å². The predicted molar refractivity (Wildman–Crippen MR) is 74.3 cm³/mol. The zero-order chi connectivity index (χ0) is 11.7. The van der Waals surface area contributed by atoms with Gasteiger partial charge in [-0.1, -0.05) is 22.0 Å². The van der Waals surface area contributed by atoms with E-state index in [1.165, 1.54) is 11.3 Å². The summed E-state index contributed by atoms with van der Waals surface area (Å²) in [6.07, 6.45) is 0. The number of benzene rings is 1. The third-order valence-corrected chi connectivity index (χ3v) is 4.50. The lowest BCUT2D eigenvalue weighted by molar-refractivity contribution is 0.103. The second kappa shape index (κ2) is 4.82. The number of ketones is 1. The summed E-state index contributed by atoms with van der Waals surface area (Å²) in [6, 6.07) is 5.74. The van der Waals surface area contributed by atoms with E-state index in [4.69, 9.17) is 0 Å². The van der Waals surface area contributed by atoms with Crippen LogP contribution in [0.3, 0.4) is 0 Å². The third kappa shape index (κ3) is 2.29. The highest BCUT2D eigenvalue weighted by Crippen LogP contribution is 2.26. The Morgan fingerprint density at radius 3 is 2.56 bits per heavy atom. The average molecular weight is 360 g/mol. The van der Waals surface area contributed by atoms with Gasteiger partial charge in [0.15, 0.2) is 5.78 Å². The van der Waals surface area contributed by atoms with E-state index >= 15 is 0 Å². The predicted octanol–water partition coefficient (Wildman–Crippen LogP) is 4.81. The van der Waals surface area contributed by atoms with Crippen LogP contribution in [0.1, 0.15) is 21.5 Å². The molecule has 0 unspecified atom stereocenters. The van der Waals surface area contributed by atoms with Crippen molar-refractivity contribution in [3.8, 4) is 0 Å². The Morgan fingerprint density at radius 2 is 1.94 bits per heavy atom. The molecule has 0 aliphatic heterocycles. The molecule has 0 spiro atoms. The second-order valence-corrected chi connectivity index (χ2v) is 5.94. The van der Waals surface area contributed by atoms with Crippen molar-refractivity contribution in [2.75, 3.05) is 0 Å². The number of aryl methyl sites for hydroxylation is 1. The molecule has 0 amide bonds. The number of carbonyl (C=O) groups excluding carboxylic acids is 1. The fraction of sp³-hybridized carbons (Fsp3) is 0.0833. The maximum atomic E-state index is 12.3. The van der Waals surface area contributed by atoms with Crippen molar-refractivity contribution in [2.24, 2.45) is 0 Å². The maximum absolute atomic E-state index is 12.3. The summed E-state index contributed by atoms with van der Waals surface area (Å²) in [5.41, 5.74) is 2.46. The zero-order valence-electron chi connectivity index (χ0n) is 8.46. The molecule has 0 N–H and O–H groups in total. The molecule has 0 atom stereocenters. The van der Waals surface area contributed by atoms with E-state index in [9.17, 15) is 4.79 Å². The molecular formula is C12H8Br2OS. The van der Waals surface area contributed by atoms with Crippen LogP contribution < -0.4 is 0 Å². The van der Waals surface area contributed by atoms with Crippen LogP contribution in [-0.2, 0) is 0 Å². The monoisotopic (exact) mass is 358 g/mol. The first-order chi connectivity index (χ1) is 7.59. The summed E-state index contributed by atoms with van der Waals surface area (Å²) in [7, 11) is 0. The zero-order valence-corrected chi connectivity index (χ0v) is 12.4. The average Bonchev–Trinajstić information content (AvgIpc) is 2.67. The highest BCUT2D eigenvalue weighted by Gasteiger charge is 2.15. The number of carbonyl (C=O) groups is 1. The molecular weight excluding hydrogens is 352 g/mol. The van der Waals surface area contributed by atoms with Crippen LogP contribution in [-0.4, -0.2) is 5.78 Å². The van der Waals surface area contributed by atoms with E-state index in [1.54, 1.807) is 0 Å². The summed E-state index contributed by atoms with van der Waals surface area (Å²) in [4.78, 5) is 12.3. The number of thiophene rings is 1. The lowest BCUT2D eigenvalue weighted by atomic mass is 10.0. The van der Waals surface area contributed by atoms with Gasteiger partial charge in [-0.2, -0.15) is 11.3 Å². The van der Waals surface area contributed by atoms with Crippen molar-refractivity contribution in [3.63, 3.8) is 0 Å². The van der Waals surface area contributed by atoms with Gasteiger partial charge in [0.25, 0.3) is 0 Å². The number of hydrogen-bond donors (Lipinski definition) is 0. The Morgan fingerprint density at radius 1 is 1.19 bits per heavy atom. The van der Waals surface area contributed by atoms with Gasteiger partial charge in [0.1, 0.15) is 0 Å². The highest BCUT2D eigenvalue weighted by molar-refractivity contribution is 9.10. The minimum absolute atomic E-state index is 0.0620.